The van der Waals surface area contributed by atoms with Gasteiger partial charge in [-0.15, -0.1) is 0 Å². The van der Waals surface area contributed by atoms with Crippen LogP contribution in [0.2, 0.25) is 0 Å². The Kier molecular flexibility index (Phi) is 5.33. The van der Waals surface area contributed by atoms with E-state index in [2.05, 4.69) is 27.2 Å². The molecule has 2 heterocycles. The molecule has 0 saturated carbocycles. The summed E-state index contributed by atoms with van der Waals surface area (Å²) in [5.41, 5.74) is 2.59. The number of hydrogen-bond acceptors (Lipinski definition) is 6. The molecular weight excluding hydrogens is 392 g/mol. The van der Waals surface area contributed by atoms with Crippen molar-refractivity contribution in [3.63, 3.8) is 0 Å². The Hall–Kier alpha value is -2.78. The number of nitrogens with one attached hydrogen (secondary N) is 1. The largest absolute Gasteiger partial charge is 0.326 e. The van der Waals surface area contributed by atoms with Crippen LogP contribution in [0.4, 0.5) is 5.69 Å². The van der Waals surface area contributed by atoms with E-state index in [1.54, 1.807) is 12.1 Å². The molecule has 0 bridgehead atoms. The molecule has 1 saturated heterocycles. The number of fused-ring (bicyclic) bond motifs is 1. The molecule has 4 rings (SSSR count). The minimum absolute atomic E-state index is 0.0749. The van der Waals surface area contributed by atoms with E-state index in [1.807, 2.05) is 24.3 Å². The van der Waals surface area contributed by atoms with Crippen molar-refractivity contribution in [2.24, 2.45) is 5.92 Å². The molecule has 0 atom stereocenters. The van der Waals surface area contributed by atoms with Gasteiger partial charge in [-0.2, -0.15) is 4.31 Å². The van der Waals surface area contributed by atoms with E-state index in [0.29, 0.717) is 18.4 Å². The molecular formula is C20H22N4O4S. The topological polar surface area (TPSA) is 105 Å². The van der Waals surface area contributed by atoms with Gasteiger partial charge in [0.05, 0.1) is 0 Å². The first-order valence-corrected chi connectivity index (χ1v) is 11.0. The quantitative estimate of drug-likeness (QED) is 0.688. The van der Waals surface area contributed by atoms with Crippen LogP contribution in [0.25, 0.3) is 11.0 Å². The molecule has 3 aromatic rings. The van der Waals surface area contributed by atoms with Crippen LogP contribution in [-0.2, 0) is 21.2 Å². The zero-order chi connectivity index (χ0) is 20.4. The SMILES string of the molecule is CCc1ccc(NC(=O)C2CCN(S(=O)(=O)c3cccc4nonc34)CC2)cc1. The number of nitrogens with zero attached hydrogens (tertiary/aromatic N) is 3. The smallest absolute Gasteiger partial charge is 0.245 e. The highest BCUT2D eigenvalue weighted by Gasteiger charge is 2.33. The first-order valence-electron chi connectivity index (χ1n) is 9.60. The summed E-state index contributed by atoms with van der Waals surface area (Å²) in [7, 11) is -3.74. The lowest BCUT2D eigenvalue weighted by atomic mass is 9.97. The van der Waals surface area contributed by atoms with Crippen LogP contribution in [0.5, 0.6) is 0 Å². The Bertz CT molecular complexity index is 1120. The summed E-state index contributed by atoms with van der Waals surface area (Å²) in [5.74, 6) is -0.300. The zero-order valence-electron chi connectivity index (χ0n) is 16.0. The predicted octanol–water partition coefficient (Wildman–Crippen LogP) is 2.82. The maximum absolute atomic E-state index is 13.0. The van der Waals surface area contributed by atoms with Crippen molar-refractivity contribution in [1.29, 1.82) is 0 Å². The van der Waals surface area contributed by atoms with Crippen LogP contribution >= 0.6 is 0 Å². The van der Waals surface area contributed by atoms with Crippen molar-refractivity contribution in [3.8, 4) is 0 Å². The number of carbonyl (C=O) groups excluding carboxylic acids is 1. The summed E-state index contributed by atoms with van der Waals surface area (Å²) < 4.78 is 32.2. The average Bonchev–Trinajstić information content (AvgIpc) is 3.23. The van der Waals surface area contributed by atoms with Crippen molar-refractivity contribution >= 4 is 32.7 Å². The second-order valence-corrected chi connectivity index (χ2v) is 9.01. The summed E-state index contributed by atoms with van der Waals surface area (Å²) in [4.78, 5) is 12.7. The maximum atomic E-state index is 13.0. The van der Waals surface area contributed by atoms with Crippen LogP contribution in [0.1, 0.15) is 25.3 Å². The molecule has 0 aliphatic carbocycles. The first kappa shape index (κ1) is 19.5. The van der Waals surface area contributed by atoms with Crippen molar-refractivity contribution in [1.82, 2.24) is 14.6 Å². The molecule has 2 aromatic carbocycles. The van der Waals surface area contributed by atoms with E-state index in [-0.39, 0.29) is 35.3 Å². The molecule has 0 radical (unpaired) electrons. The van der Waals surface area contributed by atoms with Crippen LogP contribution in [0.3, 0.4) is 0 Å². The number of amides is 1. The van der Waals surface area contributed by atoms with Crippen LogP contribution in [0.15, 0.2) is 52.0 Å². The van der Waals surface area contributed by atoms with Gasteiger partial charge in [-0.1, -0.05) is 25.1 Å². The van der Waals surface area contributed by atoms with Crippen LogP contribution < -0.4 is 5.32 Å². The van der Waals surface area contributed by atoms with Crippen LogP contribution in [0, 0.1) is 5.92 Å². The summed E-state index contributed by atoms with van der Waals surface area (Å²) >= 11 is 0. The molecule has 152 valence electrons. The summed E-state index contributed by atoms with van der Waals surface area (Å²) in [6.07, 6.45) is 1.87. The average molecular weight is 414 g/mol. The minimum Gasteiger partial charge on any atom is -0.326 e. The number of aryl methyl sites for hydroxylation is 1. The Morgan fingerprint density at radius 1 is 1.14 bits per heavy atom. The van der Waals surface area contributed by atoms with E-state index in [0.717, 1.165) is 12.1 Å². The third-order valence-corrected chi connectivity index (χ3v) is 7.25. The lowest BCUT2D eigenvalue weighted by Gasteiger charge is -2.30. The van der Waals surface area contributed by atoms with Crippen LogP contribution in [-0.4, -0.2) is 42.0 Å². The molecule has 1 fully saturated rings. The van der Waals surface area contributed by atoms with Crippen molar-refractivity contribution < 1.29 is 17.8 Å². The zero-order valence-corrected chi connectivity index (χ0v) is 16.9. The molecule has 1 amide bonds. The van der Waals surface area contributed by atoms with E-state index >= 15 is 0 Å². The molecule has 1 aromatic heterocycles. The van der Waals surface area contributed by atoms with E-state index < -0.39 is 10.0 Å². The number of carbonyl (C=O) groups is 1. The van der Waals surface area contributed by atoms with Gasteiger partial charge in [0.25, 0.3) is 0 Å². The fourth-order valence-corrected chi connectivity index (χ4v) is 5.16. The monoisotopic (exact) mass is 414 g/mol. The lowest BCUT2D eigenvalue weighted by molar-refractivity contribution is -0.120. The lowest BCUT2D eigenvalue weighted by Crippen LogP contribution is -2.41. The third kappa shape index (κ3) is 3.88. The van der Waals surface area contributed by atoms with Gasteiger partial charge in [-0.05, 0) is 59.4 Å². The first-order chi connectivity index (χ1) is 14.0. The molecule has 1 N–H and O–H groups in total. The molecule has 8 nitrogen and oxygen atoms in total. The number of anilines is 1. The fourth-order valence-electron chi connectivity index (χ4n) is 3.56. The third-order valence-electron chi connectivity index (χ3n) is 5.32. The normalized spacial score (nSPS) is 16.2. The van der Waals surface area contributed by atoms with Gasteiger partial charge < -0.3 is 5.32 Å². The molecule has 0 unspecified atom stereocenters. The Labute approximate surface area is 168 Å². The van der Waals surface area contributed by atoms with Gasteiger partial charge in [0.15, 0.2) is 5.52 Å². The molecule has 0 spiro atoms. The Morgan fingerprint density at radius 3 is 2.55 bits per heavy atom. The summed E-state index contributed by atoms with van der Waals surface area (Å²) in [6.45, 7) is 2.63. The maximum Gasteiger partial charge on any atom is 0.245 e. The summed E-state index contributed by atoms with van der Waals surface area (Å²) in [6, 6.07) is 12.5. The van der Waals surface area contributed by atoms with Gasteiger partial charge in [0.1, 0.15) is 10.4 Å². The van der Waals surface area contributed by atoms with Gasteiger partial charge in [0.2, 0.25) is 15.9 Å². The van der Waals surface area contributed by atoms with Gasteiger partial charge in [0, 0.05) is 24.7 Å². The van der Waals surface area contributed by atoms with E-state index in [1.165, 1.54) is 15.9 Å². The molecule has 1 aliphatic rings. The minimum atomic E-state index is -3.74. The molecule has 1 aliphatic heterocycles. The number of hydrogen-bond donors (Lipinski definition) is 1. The highest BCUT2D eigenvalue weighted by atomic mass is 32.2. The Balaban J connectivity index is 1.42. The number of aromatic nitrogens is 2. The second kappa shape index (κ2) is 7.92. The molecule has 29 heavy (non-hydrogen) atoms. The standard InChI is InChI=1S/C20H22N4O4S/c1-2-14-6-8-16(9-7-14)21-20(25)15-10-12-24(13-11-15)29(26,27)18-5-3-4-17-19(18)23-28-22-17/h3-9,15H,2,10-13H2,1H3,(H,21,25). The number of piperidine rings is 1. The number of benzene rings is 2. The van der Waals surface area contributed by atoms with E-state index in [4.69, 9.17) is 0 Å². The van der Waals surface area contributed by atoms with Gasteiger partial charge >= 0.3 is 0 Å². The highest BCUT2D eigenvalue weighted by molar-refractivity contribution is 7.89. The van der Waals surface area contributed by atoms with Crippen molar-refractivity contribution in [3.05, 3.63) is 48.0 Å². The second-order valence-electron chi connectivity index (χ2n) is 7.11. The predicted molar refractivity (Wildman–Crippen MR) is 108 cm³/mol. The molecule has 9 heteroatoms. The fraction of sp³-hybridized carbons (Fsp3) is 0.350. The number of sulfonamides is 1. The van der Waals surface area contributed by atoms with Crippen molar-refractivity contribution in [2.45, 2.75) is 31.1 Å². The number of rotatable bonds is 5. The van der Waals surface area contributed by atoms with E-state index in [9.17, 15) is 13.2 Å². The summed E-state index contributed by atoms with van der Waals surface area (Å²) in [5, 5.41) is 10.4. The Morgan fingerprint density at radius 2 is 1.86 bits per heavy atom. The highest BCUT2D eigenvalue weighted by Crippen LogP contribution is 2.28. The van der Waals surface area contributed by atoms with Crippen molar-refractivity contribution in [2.75, 3.05) is 18.4 Å². The van der Waals surface area contributed by atoms with Gasteiger partial charge in [-0.3, -0.25) is 4.79 Å². The van der Waals surface area contributed by atoms with Gasteiger partial charge in [-0.25, -0.2) is 13.0 Å².